The van der Waals surface area contributed by atoms with Gasteiger partial charge in [0.2, 0.25) is 0 Å². The van der Waals surface area contributed by atoms with Gasteiger partial charge >= 0.3 is 0 Å². The van der Waals surface area contributed by atoms with Crippen LogP contribution in [-0.4, -0.2) is 30.1 Å². The lowest BCUT2D eigenvalue weighted by molar-refractivity contribution is 0.228. The third-order valence-corrected chi connectivity index (χ3v) is 4.35. The molecule has 1 saturated heterocycles. The quantitative estimate of drug-likeness (QED) is 0.902. The van der Waals surface area contributed by atoms with Gasteiger partial charge < -0.3 is 10.2 Å². The first-order chi connectivity index (χ1) is 9.56. The Kier molecular flexibility index (Phi) is 5.55. The van der Waals surface area contributed by atoms with E-state index in [1.807, 2.05) is 12.1 Å². The molecule has 112 valence electrons. The van der Waals surface area contributed by atoms with Crippen LogP contribution in [0.1, 0.15) is 51.6 Å². The van der Waals surface area contributed by atoms with Gasteiger partial charge in [-0.2, -0.15) is 0 Å². The summed E-state index contributed by atoms with van der Waals surface area (Å²) in [5.74, 6) is -0.164. The van der Waals surface area contributed by atoms with Crippen molar-refractivity contribution in [2.45, 2.75) is 58.2 Å². The lowest BCUT2D eigenvalue weighted by atomic mass is 10.0. The fourth-order valence-corrected chi connectivity index (χ4v) is 3.00. The fourth-order valence-electron chi connectivity index (χ4n) is 3.00. The predicted molar refractivity (Wildman–Crippen MR) is 82.3 cm³/mol. The minimum atomic E-state index is -0.164. The van der Waals surface area contributed by atoms with Crippen LogP contribution in [-0.2, 0) is 0 Å². The zero-order chi connectivity index (χ0) is 14.5. The van der Waals surface area contributed by atoms with Crippen molar-refractivity contribution < 1.29 is 4.39 Å². The van der Waals surface area contributed by atoms with Crippen LogP contribution in [0.4, 0.5) is 4.39 Å². The summed E-state index contributed by atoms with van der Waals surface area (Å²) >= 11 is 0. The molecule has 1 aliphatic heterocycles. The van der Waals surface area contributed by atoms with E-state index >= 15 is 0 Å². The average Bonchev–Trinajstić information content (AvgIpc) is 2.65. The Morgan fingerprint density at radius 3 is 2.45 bits per heavy atom. The van der Waals surface area contributed by atoms with Crippen molar-refractivity contribution in [2.75, 3.05) is 13.1 Å². The van der Waals surface area contributed by atoms with Crippen LogP contribution < -0.4 is 5.32 Å². The first-order valence-electron chi connectivity index (χ1n) is 7.82. The summed E-state index contributed by atoms with van der Waals surface area (Å²) in [6, 6.07) is 8.34. The molecule has 2 nitrogen and oxygen atoms in total. The van der Waals surface area contributed by atoms with E-state index in [1.54, 1.807) is 12.1 Å². The molecule has 1 aliphatic rings. The molecule has 0 aliphatic carbocycles. The molecular weight excluding hydrogens is 251 g/mol. The number of nitrogens with zero attached hydrogens (tertiary/aromatic N) is 1. The van der Waals surface area contributed by atoms with Gasteiger partial charge in [0, 0.05) is 18.1 Å². The largest absolute Gasteiger partial charge is 0.307 e. The van der Waals surface area contributed by atoms with E-state index in [-0.39, 0.29) is 11.9 Å². The van der Waals surface area contributed by atoms with Crippen molar-refractivity contribution in [3.63, 3.8) is 0 Å². The summed E-state index contributed by atoms with van der Waals surface area (Å²) in [4.78, 5) is 2.56. The lowest BCUT2D eigenvalue weighted by Gasteiger charge is -2.25. The van der Waals surface area contributed by atoms with Crippen molar-refractivity contribution in [3.05, 3.63) is 35.6 Å². The van der Waals surface area contributed by atoms with Crippen molar-refractivity contribution in [1.82, 2.24) is 10.2 Å². The Labute approximate surface area is 122 Å². The van der Waals surface area contributed by atoms with Crippen LogP contribution >= 0.6 is 0 Å². The summed E-state index contributed by atoms with van der Waals surface area (Å²) in [7, 11) is 0. The molecular formula is C17H27FN2. The van der Waals surface area contributed by atoms with E-state index in [9.17, 15) is 4.39 Å². The average molecular weight is 278 g/mol. The first-order valence-corrected chi connectivity index (χ1v) is 7.82. The molecule has 1 fully saturated rings. The number of nitrogens with one attached hydrogen (secondary N) is 1. The summed E-state index contributed by atoms with van der Waals surface area (Å²) in [5.41, 5.74) is 1.16. The summed E-state index contributed by atoms with van der Waals surface area (Å²) in [6.45, 7) is 9.09. The smallest absolute Gasteiger partial charge is 0.123 e. The first kappa shape index (κ1) is 15.5. The highest BCUT2D eigenvalue weighted by Gasteiger charge is 2.20. The van der Waals surface area contributed by atoms with Crippen molar-refractivity contribution in [1.29, 1.82) is 0 Å². The Morgan fingerprint density at radius 1 is 1.10 bits per heavy atom. The number of halogens is 1. The maximum atomic E-state index is 13.0. The maximum Gasteiger partial charge on any atom is 0.123 e. The Hall–Kier alpha value is -0.930. The molecule has 1 aromatic rings. The molecule has 2 atom stereocenters. The monoisotopic (exact) mass is 278 g/mol. The van der Waals surface area contributed by atoms with Crippen LogP contribution in [0.15, 0.2) is 24.3 Å². The third-order valence-electron chi connectivity index (χ3n) is 4.35. The molecule has 0 spiro atoms. The SMILES string of the molecule is CC(NC1CCCN(C(C)C)CC1)c1ccc(F)cc1. The van der Waals surface area contributed by atoms with Crippen molar-refractivity contribution >= 4 is 0 Å². The number of likely N-dealkylation sites (tertiary alicyclic amines) is 1. The topological polar surface area (TPSA) is 15.3 Å². The van der Waals surface area contributed by atoms with Crippen molar-refractivity contribution in [3.8, 4) is 0 Å². The molecule has 1 heterocycles. The molecule has 20 heavy (non-hydrogen) atoms. The molecule has 0 amide bonds. The van der Waals surface area contributed by atoms with Crippen LogP contribution in [0.3, 0.4) is 0 Å². The van der Waals surface area contributed by atoms with Gasteiger partial charge in [0.05, 0.1) is 0 Å². The van der Waals surface area contributed by atoms with Gasteiger partial charge in [-0.05, 0) is 70.8 Å². The Morgan fingerprint density at radius 2 is 1.80 bits per heavy atom. The van der Waals surface area contributed by atoms with Gasteiger partial charge in [-0.3, -0.25) is 0 Å². The van der Waals surface area contributed by atoms with Crippen LogP contribution in [0.2, 0.25) is 0 Å². The van der Waals surface area contributed by atoms with E-state index < -0.39 is 0 Å². The second kappa shape index (κ2) is 7.19. The minimum absolute atomic E-state index is 0.164. The van der Waals surface area contributed by atoms with Gasteiger partial charge in [-0.1, -0.05) is 12.1 Å². The van der Waals surface area contributed by atoms with Gasteiger partial charge in [0.25, 0.3) is 0 Å². The maximum absolute atomic E-state index is 13.0. The van der Waals surface area contributed by atoms with Gasteiger partial charge in [-0.15, -0.1) is 0 Å². The van der Waals surface area contributed by atoms with Gasteiger partial charge in [0.1, 0.15) is 5.82 Å². The van der Waals surface area contributed by atoms with Crippen LogP contribution in [0, 0.1) is 5.82 Å². The normalized spacial score (nSPS) is 22.8. The highest BCUT2D eigenvalue weighted by Crippen LogP contribution is 2.18. The molecule has 2 rings (SSSR count). The molecule has 0 saturated carbocycles. The number of hydrogen-bond acceptors (Lipinski definition) is 2. The Balaban J connectivity index is 1.88. The Bertz CT molecular complexity index is 402. The summed E-state index contributed by atoms with van der Waals surface area (Å²) in [6.07, 6.45) is 3.68. The number of hydrogen-bond donors (Lipinski definition) is 1. The van der Waals surface area contributed by atoms with Gasteiger partial charge in [0.15, 0.2) is 0 Å². The predicted octanol–water partition coefficient (Wildman–Crippen LogP) is 3.74. The zero-order valence-corrected chi connectivity index (χ0v) is 12.9. The minimum Gasteiger partial charge on any atom is -0.307 e. The van der Waals surface area contributed by atoms with E-state index in [0.717, 1.165) is 5.56 Å². The molecule has 0 bridgehead atoms. The summed E-state index contributed by atoms with van der Waals surface area (Å²) in [5, 5.41) is 3.70. The zero-order valence-electron chi connectivity index (χ0n) is 12.9. The molecule has 3 heteroatoms. The van der Waals surface area contributed by atoms with Crippen LogP contribution in [0.5, 0.6) is 0 Å². The standard InChI is InChI=1S/C17H27FN2/c1-13(2)20-11-4-5-17(10-12-20)19-14(3)15-6-8-16(18)9-7-15/h6-9,13-14,17,19H,4-5,10-12H2,1-3H3. The lowest BCUT2D eigenvalue weighted by Crippen LogP contribution is -2.34. The highest BCUT2D eigenvalue weighted by atomic mass is 19.1. The molecule has 1 aromatic carbocycles. The molecule has 2 unspecified atom stereocenters. The number of benzene rings is 1. The molecule has 0 aromatic heterocycles. The van der Waals surface area contributed by atoms with E-state index in [4.69, 9.17) is 0 Å². The van der Waals surface area contributed by atoms with E-state index in [2.05, 4.69) is 31.0 Å². The van der Waals surface area contributed by atoms with E-state index in [0.29, 0.717) is 12.1 Å². The van der Waals surface area contributed by atoms with Crippen molar-refractivity contribution in [2.24, 2.45) is 0 Å². The highest BCUT2D eigenvalue weighted by molar-refractivity contribution is 5.19. The van der Waals surface area contributed by atoms with E-state index in [1.165, 1.54) is 32.4 Å². The second-order valence-electron chi connectivity index (χ2n) is 6.20. The molecule has 1 N–H and O–H groups in total. The number of rotatable bonds is 4. The third kappa shape index (κ3) is 4.29. The van der Waals surface area contributed by atoms with Gasteiger partial charge in [-0.25, -0.2) is 4.39 Å². The second-order valence-corrected chi connectivity index (χ2v) is 6.20. The summed E-state index contributed by atoms with van der Waals surface area (Å²) < 4.78 is 13.0. The molecule has 0 radical (unpaired) electrons. The fraction of sp³-hybridized carbons (Fsp3) is 0.647. The van der Waals surface area contributed by atoms with Crippen LogP contribution in [0.25, 0.3) is 0 Å².